The molecular weight excluding hydrogens is 263 g/mol. The molecule has 1 saturated carbocycles. The van der Waals surface area contributed by atoms with Gasteiger partial charge in [-0.05, 0) is 45.1 Å². The summed E-state index contributed by atoms with van der Waals surface area (Å²) in [5, 5.41) is 13.6. The molecule has 20 heavy (non-hydrogen) atoms. The predicted octanol–water partition coefficient (Wildman–Crippen LogP) is 2.96. The van der Waals surface area contributed by atoms with E-state index in [0.717, 1.165) is 25.0 Å². The van der Waals surface area contributed by atoms with Crippen molar-refractivity contribution in [3.05, 3.63) is 39.2 Å². The van der Waals surface area contributed by atoms with Gasteiger partial charge in [0.15, 0.2) is 0 Å². The number of carbonyl (C=O) groups is 1. The van der Waals surface area contributed by atoms with Crippen LogP contribution in [0, 0.1) is 28.8 Å². The maximum atomic E-state index is 14.0. The molecule has 1 aliphatic carbocycles. The van der Waals surface area contributed by atoms with Crippen LogP contribution in [0.4, 0.5) is 10.1 Å². The number of nitrogens with one attached hydrogen (secondary N) is 1. The first-order valence-corrected chi connectivity index (χ1v) is 6.49. The molecule has 0 aromatic heterocycles. The van der Waals surface area contributed by atoms with Gasteiger partial charge < -0.3 is 5.32 Å². The van der Waals surface area contributed by atoms with Crippen molar-refractivity contribution in [2.24, 2.45) is 5.92 Å². The molecule has 0 atom stereocenters. The fourth-order valence-corrected chi connectivity index (χ4v) is 2.29. The van der Waals surface area contributed by atoms with E-state index in [1.54, 1.807) is 0 Å². The minimum Gasteiger partial charge on any atom is -0.347 e. The summed E-state index contributed by atoms with van der Waals surface area (Å²) in [4.78, 5) is 22.3. The lowest BCUT2D eigenvalue weighted by molar-refractivity contribution is -0.385. The number of aryl methyl sites for hydroxylation is 1. The molecular formula is C14H17FN2O3. The number of carbonyl (C=O) groups excluding carboxylic acids is 1. The van der Waals surface area contributed by atoms with Crippen LogP contribution in [-0.4, -0.2) is 16.4 Å². The molecule has 1 aromatic rings. The molecule has 0 aliphatic heterocycles. The number of hydrogen-bond donors (Lipinski definition) is 1. The van der Waals surface area contributed by atoms with E-state index in [1.807, 2.05) is 13.8 Å². The van der Waals surface area contributed by atoms with E-state index in [2.05, 4.69) is 5.32 Å². The van der Waals surface area contributed by atoms with Gasteiger partial charge in [-0.2, -0.15) is 0 Å². The van der Waals surface area contributed by atoms with E-state index in [1.165, 1.54) is 6.92 Å². The maximum Gasteiger partial charge on any atom is 0.270 e. The summed E-state index contributed by atoms with van der Waals surface area (Å²) >= 11 is 0. The number of benzene rings is 1. The number of hydrogen-bond acceptors (Lipinski definition) is 3. The van der Waals surface area contributed by atoms with Gasteiger partial charge in [-0.3, -0.25) is 14.9 Å². The van der Waals surface area contributed by atoms with Crippen LogP contribution < -0.4 is 5.32 Å². The van der Waals surface area contributed by atoms with E-state index in [-0.39, 0.29) is 16.8 Å². The zero-order chi connectivity index (χ0) is 15.1. The molecule has 2 rings (SSSR count). The third-order valence-electron chi connectivity index (χ3n) is 3.73. The fraction of sp³-hybridized carbons (Fsp3) is 0.500. The smallest absolute Gasteiger partial charge is 0.270 e. The average molecular weight is 280 g/mol. The Balaban J connectivity index is 2.31. The van der Waals surface area contributed by atoms with E-state index in [0.29, 0.717) is 5.92 Å². The van der Waals surface area contributed by atoms with Gasteiger partial charge in [0.05, 0.1) is 10.5 Å². The summed E-state index contributed by atoms with van der Waals surface area (Å²) in [7, 11) is 0. The highest BCUT2D eigenvalue weighted by molar-refractivity contribution is 5.95. The highest BCUT2D eigenvalue weighted by atomic mass is 19.1. The number of nitrogens with zero attached hydrogens (tertiary/aromatic N) is 1. The second-order valence-electron chi connectivity index (χ2n) is 5.83. The van der Waals surface area contributed by atoms with Gasteiger partial charge in [0.2, 0.25) is 0 Å². The SMILES string of the molecule is Cc1cc([N+](=O)[O-])cc(C(=O)NC(C)(C)C2CC2)c1F. The second-order valence-corrected chi connectivity index (χ2v) is 5.83. The highest BCUT2D eigenvalue weighted by Crippen LogP contribution is 2.39. The Kier molecular flexibility index (Phi) is 3.50. The second kappa shape index (κ2) is 4.85. The lowest BCUT2D eigenvalue weighted by Crippen LogP contribution is -2.45. The molecule has 1 aliphatic rings. The van der Waals surface area contributed by atoms with Crippen molar-refractivity contribution in [1.29, 1.82) is 0 Å². The summed E-state index contributed by atoms with van der Waals surface area (Å²) in [5.41, 5.74) is -0.889. The molecule has 1 N–H and O–H groups in total. The Morgan fingerprint density at radius 2 is 2.05 bits per heavy atom. The Morgan fingerprint density at radius 1 is 1.45 bits per heavy atom. The molecule has 1 amide bonds. The molecule has 0 radical (unpaired) electrons. The van der Waals surface area contributed by atoms with Crippen molar-refractivity contribution in [1.82, 2.24) is 5.32 Å². The molecule has 0 saturated heterocycles. The molecule has 1 aromatic carbocycles. The highest BCUT2D eigenvalue weighted by Gasteiger charge is 2.39. The number of rotatable bonds is 4. The van der Waals surface area contributed by atoms with E-state index in [4.69, 9.17) is 0 Å². The first kappa shape index (κ1) is 14.4. The Bertz CT molecular complexity index is 580. The predicted molar refractivity (Wildman–Crippen MR) is 72.1 cm³/mol. The monoisotopic (exact) mass is 280 g/mol. The molecule has 0 bridgehead atoms. The van der Waals surface area contributed by atoms with Gasteiger partial charge in [0.1, 0.15) is 5.82 Å². The van der Waals surface area contributed by atoms with Crippen molar-refractivity contribution < 1.29 is 14.1 Å². The summed E-state index contributed by atoms with van der Waals surface area (Å²) in [6, 6.07) is 2.11. The molecule has 0 heterocycles. The fourth-order valence-electron chi connectivity index (χ4n) is 2.29. The molecule has 1 fully saturated rings. The first-order valence-electron chi connectivity index (χ1n) is 6.49. The van der Waals surface area contributed by atoms with Crippen LogP contribution in [0.5, 0.6) is 0 Å². The lowest BCUT2D eigenvalue weighted by Gasteiger charge is -2.26. The minimum atomic E-state index is -0.709. The normalized spacial score (nSPS) is 15.0. The van der Waals surface area contributed by atoms with E-state index >= 15 is 0 Å². The Hall–Kier alpha value is -1.98. The van der Waals surface area contributed by atoms with Crippen LogP contribution in [0.15, 0.2) is 12.1 Å². The van der Waals surface area contributed by atoms with Crippen molar-refractivity contribution in [3.8, 4) is 0 Å². The minimum absolute atomic E-state index is 0.0913. The summed E-state index contributed by atoms with van der Waals surface area (Å²) < 4.78 is 14.0. The van der Waals surface area contributed by atoms with Crippen LogP contribution in [-0.2, 0) is 0 Å². The Labute approximate surface area is 116 Å². The molecule has 108 valence electrons. The van der Waals surface area contributed by atoms with Gasteiger partial charge in [-0.25, -0.2) is 4.39 Å². The molecule has 6 heteroatoms. The summed E-state index contributed by atoms with van der Waals surface area (Å²) in [5.74, 6) is -0.930. The van der Waals surface area contributed by atoms with Crippen LogP contribution >= 0.6 is 0 Å². The van der Waals surface area contributed by atoms with Crippen molar-refractivity contribution >= 4 is 11.6 Å². The summed E-state index contributed by atoms with van der Waals surface area (Å²) in [6.45, 7) is 5.17. The van der Waals surface area contributed by atoms with Gasteiger partial charge in [-0.1, -0.05) is 0 Å². The van der Waals surface area contributed by atoms with Crippen LogP contribution in [0.2, 0.25) is 0 Å². The van der Waals surface area contributed by atoms with E-state index < -0.39 is 22.2 Å². The number of nitro benzene ring substituents is 1. The van der Waals surface area contributed by atoms with Gasteiger partial charge in [-0.15, -0.1) is 0 Å². The molecule has 0 spiro atoms. The largest absolute Gasteiger partial charge is 0.347 e. The van der Waals surface area contributed by atoms with Gasteiger partial charge in [0.25, 0.3) is 11.6 Å². The maximum absolute atomic E-state index is 14.0. The van der Waals surface area contributed by atoms with Gasteiger partial charge in [0, 0.05) is 17.7 Å². The topological polar surface area (TPSA) is 72.2 Å². The van der Waals surface area contributed by atoms with Crippen LogP contribution in [0.3, 0.4) is 0 Å². The van der Waals surface area contributed by atoms with E-state index in [9.17, 15) is 19.3 Å². The standard InChI is InChI=1S/C14H17FN2O3/c1-8-6-10(17(19)20)7-11(12(8)15)13(18)16-14(2,3)9-4-5-9/h6-7,9H,4-5H2,1-3H3,(H,16,18). The lowest BCUT2D eigenvalue weighted by atomic mass is 9.97. The number of halogens is 1. The van der Waals surface area contributed by atoms with Crippen molar-refractivity contribution in [3.63, 3.8) is 0 Å². The third-order valence-corrected chi connectivity index (χ3v) is 3.73. The first-order chi connectivity index (χ1) is 9.22. The quantitative estimate of drug-likeness (QED) is 0.680. The average Bonchev–Trinajstić information content (AvgIpc) is 3.15. The number of amides is 1. The van der Waals surface area contributed by atoms with Crippen LogP contribution in [0.1, 0.15) is 42.6 Å². The number of non-ortho nitro benzene ring substituents is 1. The zero-order valence-electron chi connectivity index (χ0n) is 11.7. The number of nitro groups is 1. The molecule has 0 unspecified atom stereocenters. The third kappa shape index (κ3) is 2.79. The van der Waals surface area contributed by atoms with Crippen molar-refractivity contribution in [2.45, 2.75) is 39.2 Å². The van der Waals surface area contributed by atoms with Gasteiger partial charge >= 0.3 is 0 Å². The zero-order valence-corrected chi connectivity index (χ0v) is 11.7. The van der Waals surface area contributed by atoms with Crippen molar-refractivity contribution in [2.75, 3.05) is 0 Å². The Morgan fingerprint density at radius 3 is 2.55 bits per heavy atom. The summed E-state index contributed by atoms with van der Waals surface area (Å²) in [6.07, 6.45) is 2.06. The van der Waals surface area contributed by atoms with Crippen LogP contribution in [0.25, 0.3) is 0 Å². The molecule has 5 nitrogen and oxygen atoms in total.